The Labute approximate surface area is 220 Å². The first-order valence-electron chi connectivity index (χ1n) is 12.1. The van der Waals surface area contributed by atoms with Crippen LogP contribution in [0.2, 0.25) is 0 Å². The Kier molecular flexibility index (Phi) is 7.19. The van der Waals surface area contributed by atoms with E-state index in [1.165, 1.54) is 12.1 Å². The molecule has 0 amide bonds. The molecule has 0 bridgehead atoms. The number of nitrogens with one attached hydrogen (secondary N) is 1. The molecule has 194 valence electrons. The van der Waals surface area contributed by atoms with Crippen LogP contribution < -0.4 is 14.8 Å². The van der Waals surface area contributed by atoms with Crippen molar-refractivity contribution >= 4 is 11.6 Å². The molecule has 0 aliphatic rings. The maximum atomic E-state index is 13.7. The van der Waals surface area contributed by atoms with Crippen LogP contribution in [0, 0.1) is 5.82 Å². The number of hydrogen-bond acceptors (Lipinski definition) is 7. The summed E-state index contributed by atoms with van der Waals surface area (Å²) in [6.45, 7) is 1.25. The molecule has 0 fully saturated rings. The molecule has 0 saturated carbocycles. The summed E-state index contributed by atoms with van der Waals surface area (Å²) >= 11 is 0. The minimum atomic E-state index is -0.296. The minimum Gasteiger partial charge on any atom is -0.497 e. The number of aromatic nitrogens is 4. The highest BCUT2D eigenvalue weighted by Gasteiger charge is 2.18. The van der Waals surface area contributed by atoms with Gasteiger partial charge in [-0.15, -0.1) is 0 Å². The lowest BCUT2D eigenvalue weighted by Crippen LogP contribution is -2.10. The molecule has 0 aliphatic carbocycles. The average Bonchev–Trinajstić information content (AvgIpc) is 3.30. The number of nitrogens with zero attached hydrogens (tertiary/aromatic N) is 5. The van der Waals surface area contributed by atoms with E-state index in [1.807, 2.05) is 49.0 Å². The van der Waals surface area contributed by atoms with Gasteiger partial charge in [-0.3, -0.25) is 4.40 Å². The Balaban J connectivity index is 1.53. The number of anilines is 1. The Morgan fingerprint density at radius 2 is 1.76 bits per heavy atom. The molecule has 0 saturated heterocycles. The molecule has 38 heavy (non-hydrogen) atoms. The summed E-state index contributed by atoms with van der Waals surface area (Å²) in [6, 6.07) is 18.0. The second-order valence-electron chi connectivity index (χ2n) is 9.11. The van der Waals surface area contributed by atoms with Crippen molar-refractivity contribution < 1.29 is 13.9 Å². The van der Waals surface area contributed by atoms with Gasteiger partial charge < -0.3 is 19.7 Å². The summed E-state index contributed by atoms with van der Waals surface area (Å²) in [5.41, 5.74) is 5.88. The van der Waals surface area contributed by atoms with E-state index in [0.29, 0.717) is 29.6 Å². The van der Waals surface area contributed by atoms with Gasteiger partial charge in [-0.25, -0.2) is 19.3 Å². The lowest BCUT2D eigenvalue weighted by molar-refractivity contribution is 0.391. The summed E-state index contributed by atoms with van der Waals surface area (Å²) in [4.78, 5) is 16.3. The van der Waals surface area contributed by atoms with Crippen LogP contribution in [0.1, 0.15) is 11.1 Å². The summed E-state index contributed by atoms with van der Waals surface area (Å²) in [5, 5.41) is 3.29. The van der Waals surface area contributed by atoms with E-state index in [9.17, 15) is 4.39 Å². The maximum Gasteiger partial charge on any atom is 0.223 e. The summed E-state index contributed by atoms with van der Waals surface area (Å²) < 4.78 is 26.5. The Morgan fingerprint density at radius 3 is 2.50 bits per heavy atom. The van der Waals surface area contributed by atoms with E-state index < -0.39 is 0 Å². The largest absolute Gasteiger partial charge is 0.497 e. The summed E-state index contributed by atoms with van der Waals surface area (Å²) in [6.07, 6.45) is 3.71. The normalized spacial score (nSPS) is 11.2. The third-order valence-corrected chi connectivity index (χ3v) is 6.14. The molecule has 0 aliphatic heterocycles. The molecular weight excluding hydrogens is 483 g/mol. The standard InChI is InChI=1S/C29H29FN6O2/c1-35(2)18-19-12-14-36-26(15-19)34-27(20-5-8-22(30)9-6-20)28(36)24-11-13-31-29(33-24)32-17-21-7-10-23(37-3)16-25(21)38-4/h5-16H,17-18H2,1-4H3,(H,31,32,33). The van der Waals surface area contributed by atoms with Crippen LogP contribution in [0.4, 0.5) is 10.3 Å². The molecular formula is C29H29FN6O2. The molecule has 0 unspecified atom stereocenters. The summed E-state index contributed by atoms with van der Waals surface area (Å²) in [5.74, 6) is 1.60. The van der Waals surface area contributed by atoms with E-state index in [2.05, 4.69) is 27.3 Å². The Bertz CT molecular complexity index is 1570. The number of hydrogen-bond donors (Lipinski definition) is 1. The van der Waals surface area contributed by atoms with Crippen molar-refractivity contribution in [3.63, 3.8) is 0 Å². The summed E-state index contributed by atoms with van der Waals surface area (Å²) in [7, 11) is 7.31. The predicted octanol–water partition coefficient (Wildman–Crippen LogP) is 5.29. The monoisotopic (exact) mass is 512 g/mol. The number of halogens is 1. The van der Waals surface area contributed by atoms with Gasteiger partial charge in [0, 0.05) is 42.7 Å². The predicted molar refractivity (Wildman–Crippen MR) is 146 cm³/mol. The van der Waals surface area contributed by atoms with Gasteiger partial charge in [0.15, 0.2) is 0 Å². The number of imidazole rings is 1. The topological polar surface area (TPSA) is 76.8 Å². The van der Waals surface area contributed by atoms with Crippen molar-refractivity contribution in [1.29, 1.82) is 0 Å². The van der Waals surface area contributed by atoms with E-state index in [-0.39, 0.29) is 5.82 Å². The van der Waals surface area contributed by atoms with E-state index in [4.69, 9.17) is 19.4 Å². The zero-order chi connectivity index (χ0) is 26.6. The second-order valence-corrected chi connectivity index (χ2v) is 9.11. The molecule has 3 heterocycles. The van der Waals surface area contributed by atoms with Crippen LogP contribution >= 0.6 is 0 Å². The molecule has 8 nitrogen and oxygen atoms in total. The van der Waals surface area contributed by atoms with Crippen molar-refractivity contribution in [3.8, 4) is 34.1 Å². The van der Waals surface area contributed by atoms with Gasteiger partial charge in [0.2, 0.25) is 5.95 Å². The van der Waals surface area contributed by atoms with Crippen molar-refractivity contribution in [3.05, 3.63) is 90.0 Å². The maximum absolute atomic E-state index is 13.7. The molecule has 0 radical (unpaired) electrons. The van der Waals surface area contributed by atoms with Gasteiger partial charge in [0.1, 0.15) is 23.0 Å². The van der Waals surface area contributed by atoms with E-state index in [0.717, 1.165) is 40.3 Å². The zero-order valence-corrected chi connectivity index (χ0v) is 21.8. The van der Waals surface area contributed by atoms with Crippen molar-refractivity contribution in [2.75, 3.05) is 33.6 Å². The van der Waals surface area contributed by atoms with Crippen LogP contribution in [0.5, 0.6) is 11.5 Å². The molecule has 2 aromatic carbocycles. The fraction of sp³-hybridized carbons (Fsp3) is 0.207. The highest BCUT2D eigenvalue weighted by atomic mass is 19.1. The SMILES string of the molecule is COc1ccc(CNc2nccc(-c3c(-c4ccc(F)cc4)nc4cc(CN(C)C)ccn34)n2)c(OC)c1. The first kappa shape index (κ1) is 25.2. The number of benzene rings is 2. The van der Waals surface area contributed by atoms with Gasteiger partial charge in [-0.2, -0.15) is 0 Å². The van der Waals surface area contributed by atoms with Crippen LogP contribution in [-0.2, 0) is 13.1 Å². The van der Waals surface area contributed by atoms with Gasteiger partial charge in [0.05, 0.1) is 31.3 Å². The molecule has 1 N–H and O–H groups in total. The number of fused-ring (bicyclic) bond motifs is 1. The highest BCUT2D eigenvalue weighted by molar-refractivity contribution is 5.80. The molecule has 0 spiro atoms. The fourth-order valence-corrected chi connectivity index (χ4v) is 4.35. The van der Waals surface area contributed by atoms with Crippen molar-refractivity contribution in [2.45, 2.75) is 13.1 Å². The van der Waals surface area contributed by atoms with Gasteiger partial charge >= 0.3 is 0 Å². The Morgan fingerprint density at radius 1 is 0.947 bits per heavy atom. The number of rotatable bonds is 9. The fourth-order valence-electron chi connectivity index (χ4n) is 4.35. The second kappa shape index (κ2) is 10.9. The van der Waals surface area contributed by atoms with Crippen LogP contribution in [0.3, 0.4) is 0 Å². The van der Waals surface area contributed by atoms with Crippen LogP contribution in [0.15, 0.2) is 73.1 Å². The lowest BCUT2D eigenvalue weighted by atomic mass is 10.1. The molecule has 5 rings (SSSR count). The molecule has 3 aromatic heterocycles. The van der Waals surface area contributed by atoms with E-state index >= 15 is 0 Å². The van der Waals surface area contributed by atoms with Crippen molar-refractivity contribution in [1.82, 2.24) is 24.3 Å². The van der Waals surface area contributed by atoms with Crippen LogP contribution in [0.25, 0.3) is 28.3 Å². The third kappa shape index (κ3) is 5.28. The number of pyridine rings is 1. The van der Waals surface area contributed by atoms with Gasteiger partial charge in [-0.1, -0.05) is 0 Å². The first-order chi connectivity index (χ1) is 18.4. The van der Waals surface area contributed by atoms with Gasteiger partial charge in [-0.05, 0) is 74.3 Å². The molecule has 0 atom stereocenters. The average molecular weight is 513 g/mol. The molecule has 9 heteroatoms. The zero-order valence-electron chi connectivity index (χ0n) is 21.8. The Hall–Kier alpha value is -4.50. The van der Waals surface area contributed by atoms with Gasteiger partial charge in [0.25, 0.3) is 0 Å². The van der Waals surface area contributed by atoms with Crippen molar-refractivity contribution in [2.24, 2.45) is 0 Å². The minimum absolute atomic E-state index is 0.296. The number of methoxy groups -OCH3 is 2. The third-order valence-electron chi connectivity index (χ3n) is 6.14. The van der Waals surface area contributed by atoms with E-state index in [1.54, 1.807) is 32.5 Å². The lowest BCUT2D eigenvalue weighted by Gasteiger charge is -2.12. The first-order valence-corrected chi connectivity index (χ1v) is 12.1. The van der Waals surface area contributed by atoms with Crippen LogP contribution in [-0.4, -0.2) is 52.6 Å². The number of ether oxygens (including phenoxy) is 2. The quantitative estimate of drug-likeness (QED) is 0.288. The highest BCUT2D eigenvalue weighted by Crippen LogP contribution is 2.33. The molecule has 5 aromatic rings. The smallest absolute Gasteiger partial charge is 0.223 e.